The maximum Gasteiger partial charge on any atom is 0.160 e. The summed E-state index contributed by atoms with van der Waals surface area (Å²) < 4.78 is 25.3. The molecule has 0 N–H and O–H groups in total. The highest BCUT2D eigenvalue weighted by molar-refractivity contribution is 6.23. The lowest BCUT2D eigenvalue weighted by atomic mass is 9.70. The molecule has 0 saturated heterocycles. The van der Waals surface area contributed by atoms with E-state index in [1.54, 1.807) is 12.1 Å². The molecule has 2 aliphatic carbocycles. The van der Waals surface area contributed by atoms with Gasteiger partial charge in [0, 0.05) is 38.6 Å². The zero-order valence-electron chi connectivity index (χ0n) is 33.9. The van der Waals surface area contributed by atoms with Crippen LogP contribution in [0, 0.1) is 5.82 Å². The fourth-order valence-electron chi connectivity index (χ4n) is 11.4. The minimum absolute atomic E-state index is 0.312. The van der Waals surface area contributed by atoms with Crippen LogP contribution in [0.3, 0.4) is 0 Å². The van der Waals surface area contributed by atoms with Crippen LogP contribution < -0.4 is 4.90 Å². The topological polar surface area (TPSA) is 21.3 Å². The monoisotopic (exact) mass is 806 g/mol. The van der Waals surface area contributed by atoms with Gasteiger partial charge in [0.15, 0.2) is 5.58 Å². The molecule has 0 atom stereocenters. The number of furan rings is 1. The van der Waals surface area contributed by atoms with E-state index < -0.39 is 5.41 Å². The van der Waals surface area contributed by atoms with Crippen LogP contribution in [-0.2, 0) is 5.41 Å². The number of aromatic nitrogens is 1. The smallest absolute Gasteiger partial charge is 0.160 e. The van der Waals surface area contributed by atoms with Gasteiger partial charge in [-0.2, -0.15) is 0 Å². The van der Waals surface area contributed by atoms with Crippen molar-refractivity contribution in [2.45, 2.75) is 5.41 Å². The number of rotatable bonds is 4. The molecule has 14 rings (SSSR count). The lowest BCUT2D eigenvalue weighted by Gasteiger charge is -2.32. The van der Waals surface area contributed by atoms with Crippen LogP contribution in [0.1, 0.15) is 22.3 Å². The molecule has 12 aromatic rings. The van der Waals surface area contributed by atoms with Crippen molar-refractivity contribution in [3.8, 4) is 27.9 Å². The number of benzene rings is 10. The number of hydrogen-bond acceptors (Lipinski definition) is 2. The quantitative estimate of drug-likeness (QED) is 0.177. The third-order valence-corrected chi connectivity index (χ3v) is 13.8. The minimum Gasteiger partial charge on any atom is -0.454 e. The molecule has 0 radical (unpaired) electrons. The van der Waals surface area contributed by atoms with Gasteiger partial charge in [-0.15, -0.1) is 0 Å². The third-order valence-electron chi connectivity index (χ3n) is 13.8. The highest BCUT2D eigenvalue weighted by Gasteiger charge is 2.53. The second-order valence-electron chi connectivity index (χ2n) is 16.9. The normalized spacial score (nSPS) is 13.3. The number of hydrogen-bond donors (Lipinski definition) is 0. The molecule has 0 amide bonds. The minimum atomic E-state index is -0.652. The first-order valence-corrected chi connectivity index (χ1v) is 21.5. The summed E-state index contributed by atoms with van der Waals surface area (Å²) in [4.78, 5) is 2.21. The molecule has 2 heterocycles. The van der Waals surface area contributed by atoms with Crippen LogP contribution >= 0.6 is 0 Å². The zero-order chi connectivity index (χ0) is 41.4. The van der Waals surface area contributed by atoms with Gasteiger partial charge in [-0.05, 0) is 116 Å². The van der Waals surface area contributed by atoms with Gasteiger partial charge in [-0.1, -0.05) is 152 Å². The van der Waals surface area contributed by atoms with Gasteiger partial charge in [-0.25, -0.2) is 4.39 Å². The fraction of sp³-hybridized carbons (Fsp3) is 0.0169. The van der Waals surface area contributed by atoms with Crippen molar-refractivity contribution in [1.82, 2.24) is 4.57 Å². The largest absolute Gasteiger partial charge is 0.454 e. The standard InChI is InChI=1S/C59H35FN2O/c60-37-16-14-19-39(33-37)61(40-30-31-45-44-23-8-12-27-51(44)62(52(45)34-40)38-17-2-1-3-18-38)53-35-50-57(56-46-24-9-13-28-54(46)63-58(53)56)55-41-20-5-4-15-36(41)29-32-49(55)59(50)47-25-10-6-21-42(47)43-22-7-11-26-48(43)59/h1-35H. The van der Waals surface area contributed by atoms with Gasteiger partial charge >= 0.3 is 0 Å². The predicted octanol–water partition coefficient (Wildman–Crippen LogP) is 15.8. The molecule has 10 aromatic carbocycles. The van der Waals surface area contributed by atoms with E-state index in [1.807, 2.05) is 12.1 Å². The van der Waals surface area contributed by atoms with Crippen molar-refractivity contribution in [3.05, 3.63) is 240 Å². The van der Waals surface area contributed by atoms with Crippen molar-refractivity contribution >= 4 is 71.6 Å². The molecular formula is C59H35FN2O. The van der Waals surface area contributed by atoms with E-state index in [0.717, 1.165) is 55.4 Å². The Morgan fingerprint density at radius 1 is 0.444 bits per heavy atom. The summed E-state index contributed by atoms with van der Waals surface area (Å²) in [5, 5.41) is 6.79. The van der Waals surface area contributed by atoms with E-state index >= 15 is 4.39 Å². The highest BCUT2D eigenvalue weighted by Crippen LogP contribution is 2.66. The zero-order valence-corrected chi connectivity index (χ0v) is 33.9. The molecule has 1 spiro atoms. The molecule has 2 aromatic heterocycles. The Morgan fingerprint density at radius 2 is 1.11 bits per heavy atom. The van der Waals surface area contributed by atoms with Gasteiger partial charge < -0.3 is 13.9 Å². The molecule has 3 nitrogen and oxygen atoms in total. The molecule has 2 aliphatic rings. The summed E-state index contributed by atoms with van der Waals surface area (Å²) in [6.07, 6.45) is 0. The van der Waals surface area contributed by atoms with Gasteiger partial charge in [0.05, 0.1) is 22.1 Å². The molecule has 0 saturated carbocycles. The Balaban J connectivity index is 1.17. The van der Waals surface area contributed by atoms with Crippen LogP contribution in [0.5, 0.6) is 0 Å². The summed E-state index contributed by atoms with van der Waals surface area (Å²) in [6.45, 7) is 0. The van der Waals surface area contributed by atoms with Crippen molar-refractivity contribution in [2.75, 3.05) is 4.90 Å². The predicted molar refractivity (Wildman–Crippen MR) is 257 cm³/mol. The van der Waals surface area contributed by atoms with E-state index in [-0.39, 0.29) is 5.82 Å². The van der Waals surface area contributed by atoms with E-state index in [4.69, 9.17) is 4.42 Å². The Hall–Kier alpha value is -8.21. The number of halogens is 1. The van der Waals surface area contributed by atoms with Crippen LogP contribution in [0.2, 0.25) is 0 Å². The number of nitrogens with zero attached hydrogens (tertiary/aromatic N) is 2. The maximum absolute atomic E-state index is 15.8. The molecule has 0 unspecified atom stereocenters. The maximum atomic E-state index is 15.8. The van der Waals surface area contributed by atoms with Crippen molar-refractivity contribution in [2.24, 2.45) is 0 Å². The summed E-state index contributed by atoms with van der Waals surface area (Å²) in [5.41, 5.74) is 16.4. The Kier molecular flexibility index (Phi) is 6.94. The molecule has 0 bridgehead atoms. The Morgan fingerprint density at radius 3 is 1.92 bits per heavy atom. The van der Waals surface area contributed by atoms with Crippen molar-refractivity contribution in [1.29, 1.82) is 0 Å². The number of fused-ring (bicyclic) bond motifs is 19. The molecular weight excluding hydrogens is 772 g/mol. The molecule has 0 fully saturated rings. The van der Waals surface area contributed by atoms with Crippen LogP contribution in [0.4, 0.5) is 21.5 Å². The summed E-state index contributed by atoms with van der Waals surface area (Å²) in [6, 6.07) is 74.7. The average molecular weight is 807 g/mol. The van der Waals surface area contributed by atoms with Gasteiger partial charge in [-0.3, -0.25) is 0 Å². The lowest BCUT2D eigenvalue weighted by molar-refractivity contribution is 0.628. The van der Waals surface area contributed by atoms with E-state index in [1.165, 1.54) is 66.7 Å². The first-order chi connectivity index (χ1) is 31.2. The molecule has 63 heavy (non-hydrogen) atoms. The average Bonchev–Trinajstić information content (AvgIpc) is 4.06. The molecule has 294 valence electrons. The van der Waals surface area contributed by atoms with Crippen molar-refractivity contribution < 1.29 is 8.81 Å². The van der Waals surface area contributed by atoms with Gasteiger partial charge in [0.2, 0.25) is 0 Å². The van der Waals surface area contributed by atoms with Crippen LogP contribution in [0.15, 0.2) is 217 Å². The molecule has 0 aliphatic heterocycles. The molecule has 4 heteroatoms. The lowest BCUT2D eigenvalue weighted by Crippen LogP contribution is -2.26. The summed E-state index contributed by atoms with van der Waals surface area (Å²) in [5.74, 6) is -0.312. The Bertz CT molecular complexity index is 3850. The highest BCUT2D eigenvalue weighted by atomic mass is 19.1. The van der Waals surface area contributed by atoms with E-state index in [2.05, 4.69) is 191 Å². The third kappa shape index (κ3) is 4.51. The SMILES string of the molecule is Fc1cccc(N(c2ccc3c4ccccc4n(-c4ccccc4)c3c2)c2cc3c(c4c2oc2ccccc24)-c2c(ccc4ccccc24)C32c3ccccc3-c3ccccc32)c1. The first kappa shape index (κ1) is 34.5. The fourth-order valence-corrected chi connectivity index (χ4v) is 11.4. The van der Waals surface area contributed by atoms with E-state index in [0.29, 0.717) is 5.69 Å². The van der Waals surface area contributed by atoms with Crippen molar-refractivity contribution in [3.63, 3.8) is 0 Å². The Labute approximate surface area is 362 Å². The number of para-hydroxylation sites is 3. The second kappa shape index (κ2) is 12.7. The van der Waals surface area contributed by atoms with Crippen LogP contribution in [0.25, 0.3) is 82.5 Å². The van der Waals surface area contributed by atoms with Crippen LogP contribution in [-0.4, -0.2) is 4.57 Å². The first-order valence-electron chi connectivity index (χ1n) is 21.5. The van der Waals surface area contributed by atoms with Gasteiger partial charge in [0.1, 0.15) is 11.4 Å². The van der Waals surface area contributed by atoms with E-state index in [9.17, 15) is 0 Å². The number of anilines is 3. The van der Waals surface area contributed by atoms with Gasteiger partial charge in [0.25, 0.3) is 0 Å². The summed E-state index contributed by atoms with van der Waals surface area (Å²) >= 11 is 0. The summed E-state index contributed by atoms with van der Waals surface area (Å²) in [7, 11) is 0. The second-order valence-corrected chi connectivity index (χ2v) is 16.9.